The van der Waals surface area contributed by atoms with Crippen LogP contribution in [-0.2, 0) is 20.1 Å². The van der Waals surface area contributed by atoms with E-state index in [4.69, 9.17) is 0 Å². The van der Waals surface area contributed by atoms with Crippen LogP contribution in [0, 0.1) is 5.92 Å². The predicted molar refractivity (Wildman–Crippen MR) is 138 cm³/mol. The van der Waals surface area contributed by atoms with Crippen LogP contribution in [0.25, 0.3) is 0 Å². The number of guanidine groups is 1. The lowest BCUT2D eigenvalue weighted by atomic mass is 9.99. The molecule has 1 N–H and O–H groups in total. The van der Waals surface area contributed by atoms with Gasteiger partial charge in [0.2, 0.25) is 0 Å². The second-order valence-corrected chi connectivity index (χ2v) is 9.03. The van der Waals surface area contributed by atoms with Gasteiger partial charge in [0.25, 0.3) is 0 Å². The zero-order chi connectivity index (χ0) is 20.9. The molecule has 2 saturated heterocycles. The zero-order valence-electron chi connectivity index (χ0n) is 19.1. The van der Waals surface area contributed by atoms with Gasteiger partial charge in [0, 0.05) is 58.9 Å². The van der Waals surface area contributed by atoms with Crippen molar-refractivity contribution in [1.82, 2.24) is 24.9 Å². The average molecular weight is 537 g/mol. The molecule has 2 aliphatic heterocycles. The minimum atomic E-state index is 0. The van der Waals surface area contributed by atoms with Gasteiger partial charge in [0.05, 0.1) is 6.20 Å². The Morgan fingerprint density at radius 2 is 1.97 bits per heavy atom. The van der Waals surface area contributed by atoms with E-state index >= 15 is 0 Å². The molecule has 1 aromatic carbocycles. The first-order valence-corrected chi connectivity index (χ1v) is 11.4. The van der Waals surface area contributed by atoms with Gasteiger partial charge in [-0.2, -0.15) is 5.10 Å². The second kappa shape index (κ2) is 11.3. The molecular formula is C24H37IN6. The van der Waals surface area contributed by atoms with Gasteiger partial charge in [0.1, 0.15) is 0 Å². The third-order valence-electron chi connectivity index (χ3n) is 6.59. The van der Waals surface area contributed by atoms with Gasteiger partial charge in [-0.3, -0.25) is 14.6 Å². The first-order valence-electron chi connectivity index (χ1n) is 11.4. The van der Waals surface area contributed by atoms with Crippen LogP contribution in [-0.4, -0.2) is 58.8 Å². The van der Waals surface area contributed by atoms with Crippen molar-refractivity contribution in [2.45, 2.75) is 45.2 Å². The molecule has 1 aromatic heterocycles. The first-order chi connectivity index (χ1) is 14.6. The summed E-state index contributed by atoms with van der Waals surface area (Å²) >= 11 is 0. The molecule has 0 bridgehead atoms. The van der Waals surface area contributed by atoms with Crippen molar-refractivity contribution < 1.29 is 0 Å². The Kier molecular flexibility index (Phi) is 8.77. The lowest BCUT2D eigenvalue weighted by Crippen LogP contribution is -2.40. The van der Waals surface area contributed by atoms with Crippen molar-refractivity contribution in [2.75, 3.05) is 33.2 Å². The van der Waals surface area contributed by atoms with Gasteiger partial charge in [-0.05, 0) is 48.4 Å². The number of benzene rings is 1. The summed E-state index contributed by atoms with van der Waals surface area (Å²) in [6, 6.07) is 8.86. The molecule has 4 rings (SSSR count). The van der Waals surface area contributed by atoms with Gasteiger partial charge < -0.3 is 10.2 Å². The number of nitrogens with zero attached hydrogens (tertiary/aromatic N) is 5. The van der Waals surface area contributed by atoms with Crippen molar-refractivity contribution in [1.29, 1.82) is 0 Å². The molecule has 0 radical (unpaired) electrons. The fourth-order valence-corrected chi connectivity index (χ4v) is 4.94. The van der Waals surface area contributed by atoms with Crippen LogP contribution in [0.15, 0.2) is 41.7 Å². The SMILES string of the molecule is CN=C(NCc1ccccc1CN1CCCC(C)C1)N1CCC(c2cnn(C)c2)C1.I. The van der Waals surface area contributed by atoms with E-state index in [9.17, 15) is 0 Å². The van der Waals surface area contributed by atoms with Gasteiger partial charge in [-0.1, -0.05) is 31.2 Å². The van der Waals surface area contributed by atoms with Crippen molar-refractivity contribution in [3.8, 4) is 0 Å². The quantitative estimate of drug-likeness (QED) is 0.359. The lowest BCUT2D eigenvalue weighted by molar-refractivity contribution is 0.176. The van der Waals surface area contributed by atoms with E-state index in [0.29, 0.717) is 5.92 Å². The number of rotatable bonds is 5. The molecule has 2 unspecified atom stereocenters. The second-order valence-electron chi connectivity index (χ2n) is 9.03. The summed E-state index contributed by atoms with van der Waals surface area (Å²) in [5.74, 6) is 2.35. The molecule has 0 spiro atoms. The Labute approximate surface area is 204 Å². The summed E-state index contributed by atoms with van der Waals surface area (Å²) in [5, 5.41) is 7.97. The van der Waals surface area contributed by atoms with Crippen LogP contribution in [0.2, 0.25) is 0 Å². The minimum Gasteiger partial charge on any atom is -0.352 e. The fourth-order valence-electron chi connectivity index (χ4n) is 4.94. The van der Waals surface area contributed by atoms with E-state index in [2.05, 4.69) is 62.6 Å². The summed E-state index contributed by atoms with van der Waals surface area (Å²) in [5.41, 5.74) is 4.14. The highest BCUT2D eigenvalue weighted by Crippen LogP contribution is 2.27. The topological polar surface area (TPSA) is 48.7 Å². The van der Waals surface area contributed by atoms with Gasteiger partial charge in [0.15, 0.2) is 5.96 Å². The molecule has 31 heavy (non-hydrogen) atoms. The molecule has 2 fully saturated rings. The molecule has 6 nitrogen and oxygen atoms in total. The Bertz CT molecular complexity index is 863. The molecule has 0 saturated carbocycles. The van der Waals surface area contributed by atoms with Gasteiger partial charge in [-0.15, -0.1) is 24.0 Å². The van der Waals surface area contributed by atoms with Gasteiger partial charge in [-0.25, -0.2) is 0 Å². The minimum absolute atomic E-state index is 0. The van der Waals surface area contributed by atoms with Crippen molar-refractivity contribution >= 4 is 29.9 Å². The molecule has 2 aromatic rings. The maximum atomic E-state index is 4.57. The molecule has 0 aliphatic carbocycles. The van der Waals surface area contributed by atoms with Crippen LogP contribution < -0.4 is 5.32 Å². The molecule has 7 heteroatoms. The van der Waals surface area contributed by atoms with Crippen LogP contribution in [0.3, 0.4) is 0 Å². The molecular weight excluding hydrogens is 499 g/mol. The van der Waals surface area contributed by atoms with E-state index in [-0.39, 0.29) is 24.0 Å². The Hall–Kier alpha value is -1.61. The smallest absolute Gasteiger partial charge is 0.193 e. The standard InChI is InChI=1S/C24H36N6.HI/c1-19-7-6-11-29(15-19)17-21-9-5-4-8-20(21)13-26-24(25-2)30-12-10-22(18-30)23-14-27-28(3)16-23;/h4-5,8-9,14,16,19,22H,6-7,10-13,15,17-18H2,1-3H3,(H,25,26);1H. The average Bonchev–Trinajstić information content (AvgIpc) is 3.39. The van der Waals surface area contributed by atoms with E-state index in [0.717, 1.165) is 44.5 Å². The maximum absolute atomic E-state index is 4.57. The third kappa shape index (κ3) is 6.22. The number of aliphatic imine (C=N–C) groups is 1. The summed E-state index contributed by atoms with van der Waals surface area (Å²) in [4.78, 5) is 9.57. The summed E-state index contributed by atoms with van der Waals surface area (Å²) in [6.45, 7) is 8.71. The third-order valence-corrected chi connectivity index (χ3v) is 6.59. The Balaban J connectivity index is 0.00000272. The lowest BCUT2D eigenvalue weighted by Gasteiger charge is -2.31. The van der Waals surface area contributed by atoms with Crippen molar-refractivity contribution in [3.63, 3.8) is 0 Å². The van der Waals surface area contributed by atoms with E-state index in [1.54, 1.807) is 0 Å². The molecule has 170 valence electrons. The highest BCUT2D eigenvalue weighted by atomic mass is 127. The monoisotopic (exact) mass is 536 g/mol. The maximum Gasteiger partial charge on any atom is 0.193 e. The molecule has 3 heterocycles. The van der Waals surface area contributed by atoms with Crippen LogP contribution >= 0.6 is 24.0 Å². The summed E-state index contributed by atoms with van der Waals surface area (Å²) in [6.07, 6.45) is 7.98. The van der Waals surface area contributed by atoms with Crippen molar-refractivity contribution in [2.24, 2.45) is 18.0 Å². The number of hydrogen-bond acceptors (Lipinski definition) is 3. The Morgan fingerprint density at radius 3 is 2.68 bits per heavy atom. The highest BCUT2D eigenvalue weighted by Gasteiger charge is 2.27. The van der Waals surface area contributed by atoms with Gasteiger partial charge >= 0.3 is 0 Å². The number of hydrogen-bond donors (Lipinski definition) is 1. The molecule has 2 aliphatic rings. The van der Waals surface area contributed by atoms with Crippen LogP contribution in [0.5, 0.6) is 0 Å². The molecule has 2 atom stereocenters. The van der Waals surface area contributed by atoms with E-state index in [1.165, 1.54) is 42.6 Å². The predicted octanol–water partition coefficient (Wildman–Crippen LogP) is 3.83. The normalized spacial score (nSPS) is 22.4. The Morgan fingerprint density at radius 1 is 1.16 bits per heavy atom. The number of halogens is 1. The number of aromatic nitrogens is 2. The summed E-state index contributed by atoms with van der Waals surface area (Å²) in [7, 11) is 3.87. The number of aryl methyl sites for hydroxylation is 1. The molecule has 0 amide bonds. The van der Waals surface area contributed by atoms with E-state index < -0.39 is 0 Å². The van der Waals surface area contributed by atoms with Crippen LogP contribution in [0.1, 0.15) is 48.8 Å². The number of nitrogens with one attached hydrogen (secondary N) is 1. The summed E-state index contributed by atoms with van der Waals surface area (Å²) < 4.78 is 1.89. The fraction of sp³-hybridized carbons (Fsp3) is 0.583. The van der Waals surface area contributed by atoms with Crippen molar-refractivity contribution in [3.05, 3.63) is 53.3 Å². The highest BCUT2D eigenvalue weighted by molar-refractivity contribution is 14.0. The first kappa shape index (κ1) is 24.0. The van der Waals surface area contributed by atoms with Crippen LogP contribution in [0.4, 0.5) is 0 Å². The number of likely N-dealkylation sites (tertiary alicyclic amines) is 2. The number of piperidine rings is 1. The largest absolute Gasteiger partial charge is 0.352 e. The van der Waals surface area contributed by atoms with E-state index in [1.807, 2.05) is 25.0 Å². The zero-order valence-corrected chi connectivity index (χ0v) is 21.5.